The van der Waals surface area contributed by atoms with Crippen molar-refractivity contribution in [1.82, 2.24) is 9.88 Å². The maximum atomic E-state index is 13.7. The van der Waals surface area contributed by atoms with Crippen LogP contribution in [0.15, 0.2) is 30.3 Å². The first-order valence-corrected chi connectivity index (χ1v) is 13.6. The number of nitrogens with zero attached hydrogens (tertiary/aromatic N) is 2. The lowest BCUT2D eigenvalue weighted by molar-refractivity contribution is -0.148. The highest BCUT2D eigenvalue weighted by molar-refractivity contribution is 5.72. The molecule has 214 valence electrons. The standard InChI is InChI=1S/C26H32F3N3O4.C3H6/c1-16(24(33)36-30)14-18-4-5-19-8-9-25(35-21(19)15-18)10-12-32(13-11-25)17(2)23-20(26(27,28)29)6-7-22(31-23)34-3;1-2-3-1/h4-7,15-17H,8-14,30H2,1-3H3;1-3H2. The van der Waals surface area contributed by atoms with E-state index >= 15 is 0 Å². The molecule has 2 aromatic rings. The van der Waals surface area contributed by atoms with E-state index < -0.39 is 23.8 Å². The first kappa shape index (κ1) is 29.1. The number of methoxy groups -OCH3 is 1. The summed E-state index contributed by atoms with van der Waals surface area (Å²) in [7, 11) is 1.39. The second-order valence-electron chi connectivity index (χ2n) is 10.8. The van der Waals surface area contributed by atoms with E-state index in [0.29, 0.717) is 32.4 Å². The predicted molar refractivity (Wildman–Crippen MR) is 140 cm³/mol. The Morgan fingerprint density at radius 3 is 2.41 bits per heavy atom. The molecule has 0 amide bonds. The first-order valence-electron chi connectivity index (χ1n) is 13.6. The Balaban J connectivity index is 0.00000110. The van der Waals surface area contributed by atoms with Crippen molar-refractivity contribution in [3.63, 3.8) is 0 Å². The second-order valence-corrected chi connectivity index (χ2v) is 10.8. The van der Waals surface area contributed by atoms with E-state index in [9.17, 15) is 18.0 Å². The van der Waals surface area contributed by atoms with E-state index in [1.807, 2.05) is 23.1 Å². The SMILES string of the molecule is C1CC1.COc1ccc(C(F)(F)F)c(C(C)N2CCC3(CCc4ccc(CC(C)C(=O)ON)cc4O3)CC2)n1. The second kappa shape index (κ2) is 12.1. The maximum Gasteiger partial charge on any atom is 0.418 e. The fraction of sp³-hybridized carbons (Fsp3) is 0.586. The number of nitrogens with two attached hydrogens (primary N) is 1. The zero-order valence-corrected chi connectivity index (χ0v) is 22.9. The number of piperidine rings is 1. The Kier molecular flexibility index (Phi) is 9.06. The van der Waals surface area contributed by atoms with Crippen molar-refractivity contribution in [2.24, 2.45) is 11.8 Å². The summed E-state index contributed by atoms with van der Waals surface area (Å²) < 4.78 is 52.6. The maximum absolute atomic E-state index is 13.7. The van der Waals surface area contributed by atoms with Crippen molar-refractivity contribution in [3.05, 3.63) is 52.7 Å². The summed E-state index contributed by atoms with van der Waals surface area (Å²) in [5.74, 6) is 5.13. The highest BCUT2D eigenvalue weighted by atomic mass is 19.4. The van der Waals surface area contributed by atoms with Gasteiger partial charge in [-0.2, -0.15) is 19.1 Å². The molecule has 1 aliphatic carbocycles. The first-order chi connectivity index (χ1) is 18.5. The van der Waals surface area contributed by atoms with E-state index in [4.69, 9.17) is 15.4 Å². The van der Waals surface area contributed by atoms with Crippen LogP contribution in [0.4, 0.5) is 13.2 Å². The van der Waals surface area contributed by atoms with Crippen molar-refractivity contribution in [3.8, 4) is 11.6 Å². The molecule has 10 heteroatoms. The number of carbonyl (C=O) groups excluding carboxylic acids is 1. The van der Waals surface area contributed by atoms with Gasteiger partial charge in [-0.05, 0) is 62.3 Å². The molecule has 1 aromatic carbocycles. The Bertz CT molecular complexity index is 1140. The fourth-order valence-corrected chi connectivity index (χ4v) is 5.20. The van der Waals surface area contributed by atoms with Gasteiger partial charge in [-0.15, -0.1) is 0 Å². The monoisotopic (exact) mass is 549 g/mol. The molecule has 2 aliphatic heterocycles. The highest BCUT2D eigenvalue weighted by Crippen LogP contribution is 2.42. The number of likely N-dealkylation sites (tertiary alicyclic amines) is 1. The van der Waals surface area contributed by atoms with E-state index in [2.05, 4.69) is 9.82 Å². The van der Waals surface area contributed by atoms with Gasteiger partial charge < -0.3 is 14.3 Å². The van der Waals surface area contributed by atoms with Crippen molar-refractivity contribution >= 4 is 5.97 Å². The van der Waals surface area contributed by atoms with Crippen LogP contribution in [0.2, 0.25) is 0 Å². The fourth-order valence-electron chi connectivity index (χ4n) is 5.20. The summed E-state index contributed by atoms with van der Waals surface area (Å²) in [6.07, 6.45) is 3.60. The van der Waals surface area contributed by atoms with Gasteiger partial charge in [0.15, 0.2) is 0 Å². The van der Waals surface area contributed by atoms with Gasteiger partial charge in [0, 0.05) is 25.2 Å². The van der Waals surface area contributed by atoms with Crippen LogP contribution in [0.25, 0.3) is 0 Å². The number of ether oxygens (including phenoxy) is 2. The van der Waals surface area contributed by atoms with Gasteiger partial charge in [-0.25, -0.2) is 4.98 Å². The number of benzene rings is 1. The van der Waals surface area contributed by atoms with Crippen LogP contribution >= 0.6 is 0 Å². The summed E-state index contributed by atoms with van der Waals surface area (Å²) in [6, 6.07) is 7.75. The zero-order valence-electron chi connectivity index (χ0n) is 22.9. The van der Waals surface area contributed by atoms with E-state index in [1.54, 1.807) is 13.8 Å². The van der Waals surface area contributed by atoms with Gasteiger partial charge in [-0.3, -0.25) is 9.69 Å². The van der Waals surface area contributed by atoms with Crippen LogP contribution < -0.4 is 15.4 Å². The largest absolute Gasteiger partial charge is 0.487 e. The van der Waals surface area contributed by atoms with Gasteiger partial charge in [0.25, 0.3) is 0 Å². The van der Waals surface area contributed by atoms with Crippen LogP contribution in [0.3, 0.4) is 0 Å². The normalized spacial score (nSPS) is 19.6. The number of aromatic nitrogens is 1. The number of halogens is 3. The molecule has 1 saturated carbocycles. The highest BCUT2D eigenvalue weighted by Gasteiger charge is 2.42. The molecule has 1 saturated heterocycles. The Hall–Kier alpha value is -2.85. The number of aryl methyl sites for hydroxylation is 1. The van der Waals surface area contributed by atoms with Crippen LogP contribution in [0.1, 0.15) is 80.8 Å². The van der Waals surface area contributed by atoms with Gasteiger partial charge in [0.2, 0.25) is 5.88 Å². The molecule has 2 unspecified atom stereocenters. The van der Waals surface area contributed by atoms with E-state index in [0.717, 1.165) is 35.8 Å². The van der Waals surface area contributed by atoms with E-state index in [-0.39, 0.29) is 23.1 Å². The predicted octanol–water partition coefficient (Wildman–Crippen LogP) is 5.80. The minimum atomic E-state index is -4.49. The molecule has 2 atom stereocenters. The number of pyridine rings is 1. The number of carbonyl (C=O) groups is 1. The molecular weight excluding hydrogens is 511 g/mol. The third-order valence-corrected chi connectivity index (χ3v) is 7.79. The molecule has 0 radical (unpaired) electrons. The Labute approximate surface area is 227 Å². The zero-order chi connectivity index (χ0) is 28.2. The van der Waals surface area contributed by atoms with Crippen LogP contribution in [-0.2, 0) is 28.7 Å². The third-order valence-electron chi connectivity index (χ3n) is 7.79. The van der Waals surface area contributed by atoms with Crippen LogP contribution in [0.5, 0.6) is 11.6 Å². The number of fused-ring (bicyclic) bond motifs is 1. The molecule has 3 aliphatic rings. The van der Waals surface area contributed by atoms with Gasteiger partial charge in [-0.1, -0.05) is 38.3 Å². The number of alkyl halides is 3. The molecule has 5 rings (SSSR count). The minimum Gasteiger partial charge on any atom is -0.487 e. The summed E-state index contributed by atoms with van der Waals surface area (Å²) in [5.41, 5.74) is 0.947. The minimum absolute atomic E-state index is 0.0255. The molecule has 1 spiro atoms. The summed E-state index contributed by atoms with van der Waals surface area (Å²) in [6.45, 7) is 4.69. The molecule has 1 aromatic heterocycles. The summed E-state index contributed by atoms with van der Waals surface area (Å²) in [4.78, 5) is 22.2. The van der Waals surface area contributed by atoms with E-state index in [1.165, 1.54) is 32.4 Å². The summed E-state index contributed by atoms with van der Waals surface area (Å²) >= 11 is 0. The average Bonchev–Trinajstić information content (AvgIpc) is 3.81. The molecule has 3 heterocycles. The van der Waals surface area contributed by atoms with Crippen LogP contribution in [0, 0.1) is 5.92 Å². The summed E-state index contributed by atoms with van der Waals surface area (Å²) in [5, 5.41) is 0. The van der Waals surface area contributed by atoms with Crippen molar-refractivity contribution in [2.45, 2.75) is 83.0 Å². The topological polar surface area (TPSA) is 86.9 Å². The molecule has 7 nitrogen and oxygen atoms in total. The van der Waals surface area contributed by atoms with Gasteiger partial charge >= 0.3 is 12.1 Å². The smallest absolute Gasteiger partial charge is 0.418 e. The van der Waals surface area contributed by atoms with Gasteiger partial charge in [0.05, 0.1) is 24.3 Å². The Morgan fingerprint density at radius 1 is 1.13 bits per heavy atom. The van der Waals surface area contributed by atoms with Crippen LogP contribution in [-0.4, -0.2) is 41.7 Å². The molecular formula is C29H38F3N3O4. The number of rotatable bonds is 6. The molecule has 39 heavy (non-hydrogen) atoms. The molecule has 2 fully saturated rings. The number of hydrogen-bond donors (Lipinski definition) is 1. The van der Waals surface area contributed by atoms with Gasteiger partial charge in [0.1, 0.15) is 11.4 Å². The lowest BCUT2D eigenvalue weighted by Crippen LogP contribution is -2.50. The lowest BCUT2D eigenvalue weighted by Gasteiger charge is -2.46. The van der Waals surface area contributed by atoms with Crippen molar-refractivity contribution < 1.29 is 32.3 Å². The van der Waals surface area contributed by atoms with Crippen molar-refractivity contribution in [1.29, 1.82) is 0 Å². The lowest BCUT2D eigenvalue weighted by atomic mass is 9.82. The molecule has 2 N–H and O–H groups in total. The van der Waals surface area contributed by atoms with Crippen molar-refractivity contribution in [2.75, 3.05) is 20.2 Å². The molecule has 0 bridgehead atoms. The number of hydrogen-bond acceptors (Lipinski definition) is 7. The average molecular weight is 550 g/mol. The quantitative estimate of drug-likeness (QED) is 0.456. The Morgan fingerprint density at radius 2 is 1.82 bits per heavy atom. The third kappa shape index (κ3) is 7.22.